The van der Waals surface area contributed by atoms with E-state index >= 15 is 0 Å². The van der Waals surface area contributed by atoms with E-state index in [4.69, 9.17) is 9.15 Å². The first-order valence-electron chi connectivity index (χ1n) is 12.4. The van der Waals surface area contributed by atoms with Crippen LogP contribution in [0.1, 0.15) is 44.4 Å². The van der Waals surface area contributed by atoms with Crippen LogP contribution in [0.2, 0.25) is 0 Å². The smallest absolute Gasteiger partial charge is 0.343 e. The van der Waals surface area contributed by atoms with E-state index < -0.39 is 11.5 Å². The third-order valence-electron chi connectivity index (χ3n) is 6.66. The summed E-state index contributed by atoms with van der Waals surface area (Å²) in [7, 11) is 1.53. The molecule has 1 unspecified atom stereocenters. The topological polar surface area (TPSA) is 105 Å². The molecule has 3 N–H and O–H groups in total. The lowest BCUT2D eigenvalue weighted by Gasteiger charge is -2.19. The number of aromatic nitrogens is 1. The monoisotopic (exact) mass is 508 g/mol. The van der Waals surface area contributed by atoms with Gasteiger partial charge in [-0.05, 0) is 42.7 Å². The normalized spacial score (nSPS) is 11.8. The fourth-order valence-corrected chi connectivity index (χ4v) is 4.96. The number of amides is 1. The Morgan fingerprint density at radius 3 is 2.50 bits per heavy atom. The molecular weight excluding hydrogens is 480 g/mol. The molecule has 38 heavy (non-hydrogen) atoms. The Kier molecular flexibility index (Phi) is 7.00. The SMILES string of the molecule is COc1ccccc1C(=O)NCCc1c(C(c2ccccc2)c2c(O)cc(C)oc2=O)[nH]c2ccccc12. The van der Waals surface area contributed by atoms with Crippen LogP contribution in [0, 0.1) is 6.92 Å². The molecule has 0 spiro atoms. The van der Waals surface area contributed by atoms with Gasteiger partial charge in [0.25, 0.3) is 5.91 Å². The average Bonchev–Trinajstić information content (AvgIpc) is 3.29. The average molecular weight is 509 g/mol. The van der Waals surface area contributed by atoms with Gasteiger partial charge in [0.05, 0.1) is 24.2 Å². The number of hydrogen-bond acceptors (Lipinski definition) is 5. The summed E-state index contributed by atoms with van der Waals surface area (Å²) in [4.78, 5) is 29.5. The van der Waals surface area contributed by atoms with Crippen molar-refractivity contribution in [2.24, 2.45) is 0 Å². The van der Waals surface area contributed by atoms with Crippen molar-refractivity contribution < 1.29 is 19.1 Å². The van der Waals surface area contributed by atoms with Gasteiger partial charge in [0, 0.05) is 29.2 Å². The van der Waals surface area contributed by atoms with Gasteiger partial charge in [-0.15, -0.1) is 0 Å². The quantitative estimate of drug-likeness (QED) is 0.264. The number of ether oxygens (including phenoxy) is 1. The van der Waals surface area contributed by atoms with Crippen molar-refractivity contribution in [2.45, 2.75) is 19.3 Å². The molecule has 0 fully saturated rings. The lowest BCUT2D eigenvalue weighted by Crippen LogP contribution is -2.26. The number of H-pyrrole nitrogens is 1. The maximum atomic E-state index is 13.1. The van der Waals surface area contributed by atoms with E-state index in [0.717, 1.165) is 27.7 Å². The highest BCUT2D eigenvalue weighted by molar-refractivity contribution is 5.97. The van der Waals surface area contributed by atoms with Gasteiger partial charge in [-0.25, -0.2) is 4.79 Å². The Morgan fingerprint density at radius 1 is 1.03 bits per heavy atom. The Bertz CT molecular complexity index is 1650. The second-order valence-electron chi connectivity index (χ2n) is 9.06. The van der Waals surface area contributed by atoms with Crippen molar-refractivity contribution in [3.63, 3.8) is 0 Å². The number of aryl methyl sites for hydroxylation is 1. The molecule has 5 aromatic rings. The number of para-hydroxylation sites is 2. The van der Waals surface area contributed by atoms with Crippen LogP contribution in [0.5, 0.6) is 11.5 Å². The zero-order valence-corrected chi connectivity index (χ0v) is 21.2. The van der Waals surface area contributed by atoms with Gasteiger partial charge in [-0.2, -0.15) is 0 Å². The predicted molar refractivity (Wildman–Crippen MR) is 146 cm³/mol. The molecule has 0 radical (unpaired) electrons. The van der Waals surface area contributed by atoms with Crippen LogP contribution < -0.4 is 15.7 Å². The molecule has 5 rings (SSSR count). The number of hydrogen-bond donors (Lipinski definition) is 3. The molecule has 0 saturated heterocycles. The molecule has 7 nitrogen and oxygen atoms in total. The summed E-state index contributed by atoms with van der Waals surface area (Å²) in [5.41, 5.74) is 3.44. The summed E-state index contributed by atoms with van der Waals surface area (Å²) in [6.45, 7) is 1.98. The fourth-order valence-electron chi connectivity index (χ4n) is 4.96. The Balaban J connectivity index is 1.57. The molecule has 2 heterocycles. The zero-order valence-electron chi connectivity index (χ0n) is 21.2. The van der Waals surface area contributed by atoms with Crippen LogP contribution in [0.3, 0.4) is 0 Å². The summed E-state index contributed by atoms with van der Waals surface area (Å²) in [6, 6.07) is 25.9. The number of benzene rings is 3. The van der Waals surface area contributed by atoms with Gasteiger partial charge in [-0.1, -0.05) is 60.7 Å². The second kappa shape index (κ2) is 10.7. The van der Waals surface area contributed by atoms with E-state index in [2.05, 4.69) is 10.3 Å². The summed E-state index contributed by atoms with van der Waals surface area (Å²) >= 11 is 0. The van der Waals surface area contributed by atoms with E-state index in [1.165, 1.54) is 13.2 Å². The third-order valence-corrected chi connectivity index (χ3v) is 6.66. The summed E-state index contributed by atoms with van der Waals surface area (Å²) in [5, 5.41) is 14.9. The molecule has 0 aliphatic heterocycles. The highest BCUT2D eigenvalue weighted by atomic mass is 16.5. The van der Waals surface area contributed by atoms with Gasteiger partial charge >= 0.3 is 5.63 Å². The van der Waals surface area contributed by atoms with Crippen LogP contribution >= 0.6 is 0 Å². The van der Waals surface area contributed by atoms with Crippen molar-refractivity contribution in [1.29, 1.82) is 0 Å². The van der Waals surface area contributed by atoms with Crippen LogP contribution in [-0.4, -0.2) is 29.7 Å². The molecule has 7 heteroatoms. The van der Waals surface area contributed by atoms with E-state index in [0.29, 0.717) is 30.0 Å². The number of fused-ring (bicyclic) bond motifs is 1. The van der Waals surface area contributed by atoms with Crippen molar-refractivity contribution in [3.05, 3.63) is 129 Å². The summed E-state index contributed by atoms with van der Waals surface area (Å²) < 4.78 is 10.7. The molecule has 2 aromatic heterocycles. The molecule has 0 saturated carbocycles. The highest BCUT2D eigenvalue weighted by Crippen LogP contribution is 2.39. The lowest BCUT2D eigenvalue weighted by atomic mass is 9.86. The number of rotatable bonds is 8. The number of carbonyl (C=O) groups excluding carboxylic acids is 1. The first-order chi connectivity index (χ1) is 18.5. The number of methoxy groups -OCH3 is 1. The molecular formula is C31H28N2O5. The molecule has 0 aliphatic rings. The molecule has 0 aliphatic carbocycles. The number of aromatic hydroxyl groups is 1. The third kappa shape index (κ3) is 4.78. The van der Waals surface area contributed by atoms with E-state index in [-0.39, 0.29) is 17.2 Å². The van der Waals surface area contributed by atoms with Crippen LogP contribution in [0.25, 0.3) is 10.9 Å². The molecule has 1 amide bonds. The predicted octanol–water partition coefficient (Wildman–Crippen LogP) is 5.30. The van der Waals surface area contributed by atoms with E-state index in [9.17, 15) is 14.7 Å². The minimum Gasteiger partial charge on any atom is -0.507 e. The molecule has 1 atom stereocenters. The van der Waals surface area contributed by atoms with E-state index in [1.54, 1.807) is 25.1 Å². The van der Waals surface area contributed by atoms with Gasteiger partial charge in [0.1, 0.15) is 17.3 Å². The Labute approximate surface area is 219 Å². The zero-order chi connectivity index (χ0) is 26.6. The van der Waals surface area contributed by atoms with Gasteiger partial charge in [0.15, 0.2) is 0 Å². The molecule has 3 aromatic carbocycles. The largest absolute Gasteiger partial charge is 0.507 e. The van der Waals surface area contributed by atoms with Gasteiger partial charge < -0.3 is 24.6 Å². The van der Waals surface area contributed by atoms with Crippen LogP contribution in [0.4, 0.5) is 0 Å². The first kappa shape index (κ1) is 24.9. The van der Waals surface area contributed by atoms with E-state index in [1.807, 2.05) is 60.7 Å². The Morgan fingerprint density at radius 2 is 1.74 bits per heavy atom. The second-order valence-corrected chi connectivity index (χ2v) is 9.06. The number of carbonyl (C=O) groups is 1. The van der Waals surface area contributed by atoms with Crippen LogP contribution in [0.15, 0.2) is 94.1 Å². The highest BCUT2D eigenvalue weighted by Gasteiger charge is 2.29. The molecule has 0 bridgehead atoms. The van der Waals surface area contributed by atoms with Gasteiger partial charge in [0.2, 0.25) is 0 Å². The van der Waals surface area contributed by atoms with Crippen LogP contribution in [-0.2, 0) is 6.42 Å². The Hall–Kier alpha value is -4.78. The van der Waals surface area contributed by atoms with Gasteiger partial charge in [-0.3, -0.25) is 4.79 Å². The summed E-state index contributed by atoms with van der Waals surface area (Å²) in [6.07, 6.45) is 0.488. The minimum absolute atomic E-state index is 0.123. The lowest BCUT2D eigenvalue weighted by molar-refractivity contribution is 0.0951. The van der Waals surface area contributed by atoms with Crippen molar-refractivity contribution >= 4 is 16.8 Å². The van der Waals surface area contributed by atoms with Crippen molar-refractivity contribution in [2.75, 3.05) is 13.7 Å². The van der Waals surface area contributed by atoms with Crippen molar-refractivity contribution in [3.8, 4) is 11.5 Å². The fraction of sp³-hybridized carbons (Fsp3) is 0.161. The van der Waals surface area contributed by atoms with Crippen molar-refractivity contribution in [1.82, 2.24) is 10.3 Å². The standard InChI is InChI=1S/C31H28N2O5/c1-19-18-25(34)28(31(36)38-19)27(20-10-4-3-5-11-20)29-22(21-12-6-8-14-24(21)33-29)16-17-32-30(35)23-13-7-9-15-26(23)37-2/h3-15,18,27,33-34H,16-17H2,1-2H3,(H,32,35). The molecule has 192 valence electrons. The maximum absolute atomic E-state index is 13.1. The minimum atomic E-state index is -0.611. The number of nitrogens with one attached hydrogen (secondary N) is 2. The first-order valence-corrected chi connectivity index (χ1v) is 12.4. The number of aromatic amines is 1. The maximum Gasteiger partial charge on any atom is 0.343 e. The summed E-state index contributed by atoms with van der Waals surface area (Å²) in [5.74, 6) is -0.134.